The van der Waals surface area contributed by atoms with Gasteiger partial charge in [-0.25, -0.2) is 4.98 Å². The van der Waals surface area contributed by atoms with Crippen LogP contribution in [0.2, 0.25) is 5.15 Å². The number of anilines is 1. The maximum atomic E-state index is 11.9. The van der Waals surface area contributed by atoms with Crippen LogP contribution in [0.1, 0.15) is 24.8 Å². The van der Waals surface area contributed by atoms with Crippen LogP contribution in [-0.2, 0) is 4.79 Å². The van der Waals surface area contributed by atoms with Crippen molar-refractivity contribution in [2.45, 2.75) is 26.2 Å². The second-order valence-electron chi connectivity index (χ2n) is 4.64. The molecule has 1 aliphatic heterocycles. The van der Waals surface area contributed by atoms with Crippen LogP contribution in [0.4, 0.5) is 5.69 Å². The van der Waals surface area contributed by atoms with Crippen LogP contribution in [0.25, 0.3) is 0 Å². The summed E-state index contributed by atoms with van der Waals surface area (Å²) in [6.07, 6.45) is 4.51. The Bertz CT molecular complexity index is 433. The average Bonchev–Trinajstić information content (AvgIpc) is 2.35. The molecule has 5 heteroatoms. The molecule has 1 fully saturated rings. The largest absolute Gasteiger partial charge is 0.325 e. The van der Waals surface area contributed by atoms with Gasteiger partial charge in [0, 0.05) is 6.42 Å². The minimum absolute atomic E-state index is 0.0791. The molecular weight excluding hydrogens is 268 g/mol. The zero-order valence-electron chi connectivity index (χ0n) is 10.4. The predicted octanol–water partition coefficient (Wildman–Crippen LogP) is 3.52. The number of pyridine rings is 1. The summed E-state index contributed by atoms with van der Waals surface area (Å²) in [4.78, 5) is 15.9. The Hall–Kier alpha value is -0.740. The molecule has 0 bridgehead atoms. The van der Waals surface area contributed by atoms with E-state index in [2.05, 4.69) is 10.3 Å². The Balaban J connectivity index is 1.88. The Labute approximate surface area is 117 Å². The Kier molecular flexibility index (Phi) is 4.89. The third kappa shape index (κ3) is 3.89. The van der Waals surface area contributed by atoms with Crippen LogP contribution < -0.4 is 5.32 Å². The van der Waals surface area contributed by atoms with Crippen LogP contribution in [0, 0.1) is 12.8 Å². The van der Waals surface area contributed by atoms with Gasteiger partial charge in [0.15, 0.2) is 0 Å². The zero-order chi connectivity index (χ0) is 13.0. The number of thioether (sulfide) groups is 1. The molecule has 2 rings (SSSR count). The Morgan fingerprint density at radius 2 is 2.28 bits per heavy atom. The molecule has 1 aromatic rings. The lowest BCUT2D eigenvalue weighted by Crippen LogP contribution is -2.19. The van der Waals surface area contributed by atoms with E-state index >= 15 is 0 Å². The molecule has 1 aliphatic rings. The molecule has 2 heterocycles. The standard InChI is InChI=1S/C13H17ClN2OS/c1-9-6-11(8-15-13(9)14)16-12(17)7-10-2-4-18-5-3-10/h6,8,10H,2-5,7H2,1H3,(H,16,17). The van der Waals surface area contributed by atoms with E-state index in [1.54, 1.807) is 6.20 Å². The minimum atomic E-state index is 0.0791. The molecule has 3 nitrogen and oxygen atoms in total. The summed E-state index contributed by atoms with van der Waals surface area (Å²) < 4.78 is 0. The van der Waals surface area contributed by atoms with Gasteiger partial charge in [-0.1, -0.05) is 11.6 Å². The van der Waals surface area contributed by atoms with Gasteiger partial charge in [0.05, 0.1) is 11.9 Å². The smallest absolute Gasteiger partial charge is 0.224 e. The third-order valence-corrected chi connectivity index (χ3v) is 4.56. The van der Waals surface area contributed by atoms with Gasteiger partial charge in [-0.05, 0) is 48.8 Å². The number of nitrogens with one attached hydrogen (secondary N) is 1. The van der Waals surface area contributed by atoms with Crippen LogP contribution in [0.3, 0.4) is 0 Å². The number of amides is 1. The molecule has 0 unspecified atom stereocenters. The van der Waals surface area contributed by atoms with Gasteiger partial charge in [0.2, 0.25) is 5.91 Å². The molecule has 0 atom stereocenters. The molecular formula is C13H17ClN2OS. The first-order valence-electron chi connectivity index (χ1n) is 6.15. The van der Waals surface area contributed by atoms with Gasteiger partial charge in [0.1, 0.15) is 5.15 Å². The van der Waals surface area contributed by atoms with E-state index in [0.717, 1.165) is 24.1 Å². The van der Waals surface area contributed by atoms with E-state index in [1.165, 1.54) is 11.5 Å². The Morgan fingerprint density at radius 3 is 2.94 bits per heavy atom. The van der Waals surface area contributed by atoms with Gasteiger partial charge in [-0.15, -0.1) is 0 Å². The number of hydrogen-bond donors (Lipinski definition) is 1. The lowest BCUT2D eigenvalue weighted by molar-refractivity contribution is -0.117. The van der Waals surface area contributed by atoms with E-state index in [-0.39, 0.29) is 5.91 Å². The topological polar surface area (TPSA) is 42.0 Å². The molecule has 0 radical (unpaired) electrons. The summed E-state index contributed by atoms with van der Waals surface area (Å²) in [7, 11) is 0. The number of hydrogen-bond acceptors (Lipinski definition) is 3. The molecule has 98 valence electrons. The van der Waals surface area contributed by atoms with Crippen molar-refractivity contribution in [3.63, 3.8) is 0 Å². The lowest BCUT2D eigenvalue weighted by Gasteiger charge is -2.20. The first-order chi connectivity index (χ1) is 8.65. The van der Waals surface area contributed by atoms with Crippen molar-refractivity contribution in [1.82, 2.24) is 4.98 Å². The number of rotatable bonds is 3. The average molecular weight is 285 g/mol. The molecule has 0 aromatic carbocycles. The molecule has 1 saturated heterocycles. The maximum absolute atomic E-state index is 11.9. The fourth-order valence-corrected chi connectivity index (χ4v) is 3.36. The molecule has 0 spiro atoms. The molecule has 18 heavy (non-hydrogen) atoms. The highest BCUT2D eigenvalue weighted by atomic mass is 35.5. The van der Waals surface area contributed by atoms with E-state index in [0.29, 0.717) is 17.5 Å². The van der Waals surface area contributed by atoms with Crippen LogP contribution >= 0.6 is 23.4 Å². The van der Waals surface area contributed by atoms with E-state index in [1.807, 2.05) is 24.8 Å². The highest BCUT2D eigenvalue weighted by molar-refractivity contribution is 7.99. The molecule has 1 N–H and O–H groups in total. The van der Waals surface area contributed by atoms with Crippen LogP contribution in [0.5, 0.6) is 0 Å². The SMILES string of the molecule is Cc1cc(NC(=O)CC2CCSCC2)cnc1Cl. The van der Waals surface area contributed by atoms with Gasteiger partial charge < -0.3 is 5.32 Å². The van der Waals surface area contributed by atoms with Crippen molar-refractivity contribution in [1.29, 1.82) is 0 Å². The second-order valence-corrected chi connectivity index (χ2v) is 6.22. The summed E-state index contributed by atoms with van der Waals surface area (Å²) in [6, 6.07) is 1.85. The summed E-state index contributed by atoms with van der Waals surface area (Å²) in [5, 5.41) is 3.37. The fraction of sp³-hybridized carbons (Fsp3) is 0.538. The number of halogens is 1. The van der Waals surface area contributed by atoms with Gasteiger partial charge in [-0.2, -0.15) is 11.8 Å². The van der Waals surface area contributed by atoms with Crippen molar-refractivity contribution in [3.8, 4) is 0 Å². The maximum Gasteiger partial charge on any atom is 0.224 e. The normalized spacial score (nSPS) is 16.6. The monoisotopic (exact) mass is 284 g/mol. The number of carbonyl (C=O) groups is 1. The predicted molar refractivity (Wildman–Crippen MR) is 77.3 cm³/mol. The number of nitrogens with zero attached hydrogens (tertiary/aromatic N) is 1. The Morgan fingerprint density at radius 1 is 1.56 bits per heavy atom. The highest BCUT2D eigenvalue weighted by Crippen LogP contribution is 2.25. The number of aryl methyl sites for hydroxylation is 1. The number of carbonyl (C=O) groups excluding carboxylic acids is 1. The van der Waals surface area contributed by atoms with Gasteiger partial charge in [-0.3, -0.25) is 4.79 Å². The number of aromatic nitrogens is 1. The quantitative estimate of drug-likeness (QED) is 0.864. The molecule has 1 amide bonds. The van der Waals surface area contributed by atoms with Crippen LogP contribution in [-0.4, -0.2) is 22.4 Å². The van der Waals surface area contributed by atoms with E-state index in [4.69, 9.17) is 11.6 Å². The van der Waals surface area contributed by atoms with E-state index in [9.17, 15) is 4.79 Å². The summed E-state index contributed by atoms with van der Waals surface area (Å²) in [5.74, 6) is 2.97. The highest BCUT2D eigenvalue weighted by Gasteiger charge is 2.17. The second kappa shape index (κ2) is 6.43. The first-order valence-corrected chi connectivity index (χ1v) is 7.68. The van der Waals surface area contributed by atoms with Crippen molar-refractivity contribution in [2.24, 2.45) is 5.92 Å². The molecule has 1 aromatic heterocycles. The third-order valence-electron chi connectivity index (χ3n) is 3.11. The van der Waals surface area contributed by atoms with Crippen molar-refractivity contribution in [2.75, 3.05) is 16.8 Å². The van der Waals surface area contributed by atoms with Gasteiger partial charge >= 0.3 is 0 Å². The first kappa shape index (κ1) is 13.7. The fourth-order valence-electron chi connectivity index (χ4n) is 2.05. The summed E-state index contributed by atoms with van der Waals surface area (Å²) >= 11 is 7.82. The van der Waals surface area contributed by atoms with Crippen molar-refractivity contribution < 1.29 is 4.79 Å². The molecule has 0 aliphatic carbocycles. The van der Waals surface area contributed by atoms with Crippen molar-refractivity contribution >= 4 is 35.0 Å². The molecule has 0 saturated carbocycles. The van der Waals surface area contributed by atoms with Gasteiger partial charge in [0.25, 0.3) is 0 Å². The lowest BCUT2D eigenvalue weighted by atomic mass is 9.98. The minimum Gasteiger partial charge on any atom is -0.325 e. The summed E-state index contributed by atoms with van der Waals surface area (Å²) in [5.41, 5.74) is 1.61. The zero-order valence-corrected chi connectivity index (χ0v) is 12.0. The van der Waals surface area contributed by atoms with E-state index < -0.39 is 0 Å². The van der Waals surface area contributed by atoms with Crippen molar-refractivity contribution in [3.05, 3.63) is 23.0 Å². The summed E-state index contributed by atoms with van der Waals surface area (Å²) in [6.45, 7) is 1.88. The van der Waals surface area contributed by atoms with Crippen LogP contribution in [0.15, 0.2) is 12.3 Å².